The van der Waals surface area contributed by atoms with Crippen molar-refractivity contribution in [3.63, 3.8) is 0 Å². The summed E-state index contributed by atoms with van der Waals surface area (Å²) in [7, 11) is -3.61. The Hall–Kier alpha value is -1.37. The highest BCUT2D eigenvalue weighted by Gasteiger charge is 2.20. The monoisotopic (exact) mass is 285 g/mol. The second-order valence-corrected chi connectivity index (χ2v) is 5.87. The number of aromatic nitrogens is 2. The largest absolute Gasteiger partial charge is 0.335 e. The van der Waals surface area contributed by atoms with Gasteiger partial charge in [0.2, 0.25) is 0 Å². The van der Waals surface area contributed by atoms with Crippen molar-refractivity contribution in [3.8, 4) is 0 Å². The molecule has 0 aliphatic rings. The lowest BCUT2D eigenvalue weighted by molar-refractivity contribution is 0.564. The Morgan fingerprint density at radius 1 is 1.39 bits per heavy atom. The van der Waals surface area contributed by atoms with Crippen molar-refractivity contribution in [1.29, 1.82) is 0 Å². The van der Waals surface area contributed by atoms with Crippen LogP contribution in [0.15, 0.2) is 41.8 Å². The summed E-state index contributed by atoms with van der Waals surface area (Å²) in [5.74, 6) is 0. The Kier molecular flexibility index (Phi) is 3.70. The van der Waals surface area contributed by atoms with E-state index in [1.807, 2.05) is 6.07 Å². The van der Waals surface area contributed by atoms with E-state index >= 15 is 0 Å². The van der Waals surface area contributed by atoms with Gasteiger partial charge >= 0.3 is 0 Å². The van der Waals surface area contributed by atoms with Crippen LogP contribution in [0.3, 0.4) is 0 Å². The molecule has 96 valence electrons. The van der Waals surface area contributed by atoms with Gasteiger partial charge in [0.1, 0.15) is 0 Å². The Morgan fingerprint density at radius 2 is 2.11 bits per heavy atom. The Bertz CT molecular complexity index is 625. The number of sulfonamides is 1. The molecule has 5 nitrogen and oxygen atoms in total. The molecule has 2 N–H and O–H groups in total. The van der Waals surface area contributed by atoms with Crippen LogP contribution in [0.2, 0.25) is 5.02 Å². The maximum absolute atomic E-state index is 12.0. The van der Waals surface area contributed by atoms with Gasteiger partial charge < -0.3 is 4.98 Å². The molecule has 0 amide bonds. The standard InChI is InChI=1S/C11H12ClN3O2S/c1-8(9-4-2-3-5-10(9)12)15-18(16,17)11-6-13-7-14-11/h2-8,15H,1H3,(H,13,14). The van der Waals surface area contributed by atoms with E-state index in [1.54, 1.807) is 25.1 Å². The maximum Gasteiger partial charge on any atom is 0.258 e. The summed E-state index contributed by atoms with van der Waals surface area (Å²) in [6.07, 6.45) is 2.57. The molecule has 1 atom stereocenters. The van der Waals surface area contributed by atoms with Gasteiger partial charge in [-0.2, -0.15) is 0 Å². The second kappa shape index (κ2) is 5.09. The molecule has 0 aliphatic carbocycles. The van der Waals surface area contributed by atoms with Gasteiger partial charge in [-0.25, -0.2) is 18.1 Å². The van der Waals surface area contributed by atoms with Gasteiger partial charge in [0.25, 0.3) is 10.0 Å². The van der Waals surface area contributed by atoms with Gasteiger partial charge in [-0.1, -0.05) is 29.8 Å². The number of hydrogen-bond acceptors (Lipinski definition) is 3. The van der Waals surface area contributed by atoms with E-state index in [-0.39, 0.29) is 5.03 Å². The average molecular weight is 286 g/mol. The topological polar surface area (TPSA) is 74.8 Å². The summed E-state index contributed by atoms with van der Waals surface area (Å²) in [5.41, 5.74) is 0.724. The number of H-pyrrole nitrogens is 1. The zero-order chi connectivity index (χ0) is 13.2. The first-order chi connectivity index (χ1) is 8.50. The lowest BCUT2D eigenvalue weighted by Gasteiger charge is -2.14. The molecule has 0 fully saturated rings. The van der Waals surface area contributed by atoms with Crippen LogP contribution in [0, 0.1) is 0 Å². The third-order valence-electron chi connectivity index (χ3n) is 2.47. The van der Waals surface area contributed by atoms with E-state index in [4.69, 9.17) is 11.6 Å². The SMILES string of the molecule is CC(NS(=O)(=O)c1cnc[nH]1)c1ccccc1Cl. The summed E-state index contributed by atoms with van der Waals surface area (Å²) >= 11 is 6.02. The number of aromatic amines is 1. The van der Waals surface area contributed by atoms with Crippen molar-refractivity contribution in [1.82, 2.24) is 14.7 Å². The third-order valence-corrected chi connectivity index (χ3v) is 4.28. The smallest absolute Gasteiger partial charge is 0.258 e. The number of hydrogen-bond donors (Lipinski definition) is 2. The molecule has 1 heterocycles. The van der Waals surface area contributed by atoms with Crippen molar-refractivity contribution in [2.45, 2.75) is 18.0 Å². The van der Waals surface area contributed by atoms with Crippen molar-refractivity contribution in [3.05, 3.63) is 47.4 Å². The number of imidazole rings is 1. The molecular formula is C11H12ClN3O2S. The number of rotatable bonds is 4. The van der Waals surface area contributed by atoms with Crippen LogP contribution in [0.4, 0.5) is 0 Å². The van der Waals surface area contributed by atoms with E-state index in [2.05, 4.69) is 14.7 Å². The zero-order valence-corrected chi connectivity index (χ0v) is 11.2. The van der Waals surface area contributed by atoms with E-state index < -0.39 is 16.1 Å². The highest BCUT2D eigenvalue weighted by atomic mass is 35.5. The first-order valence-corrected chi connectivity index (χ1v) is 7.12. The molecule has 1 unspecified atom stereocenters. The van der Waals surface area contributed by atoms with E-state index in [0.29, 0.717) is 5.02 Å². The molecule has 0 bridgehead atoms. The minimum Gasteiger partial charge on any atom is -0.335 e. The van der Waals surface area contributed by atoms with Crippen LogP contribution in [0.5, 0.6) is 0 Å². The first kappa shape index (κ1) is 13.1. The molecule has 0 saturated heterocycles. The van der Waals surface area contributed by atoms with Gasteiger partial charge in [0.15, 0.2) is 5.03 Å². The van der Waals surface area contributed by atoms with Crippen LogP contribution in [0.25, 0.3) is 0 Å². The molecule has 7 heteroatoms. The van der Waals surface area contributed by atoms with Crippen molar-refractivity contribution in [2.24, 2.45) is 0 Å². The lowest BCUT2D eigenvalue weighted by atomic mass is 10.1. The van der Waals surface area contributed by atoms with E-state index in [9.17, 15) is 8.42 Å². The highest BCUT2D eigenvalue weighted by molar-refractivity contribution is 7.89. The number of nitrogens with zero attached hydrogens (tertiary/aromatic N) is 1. The fraction of sp³-hybridized carbons (Fsp3) is 0.182. The molecule has 0 saturated carbocycles. The minimum atomic E-state index is -3.61. The molecule has 1 aromatic carbocycles. The minimum absolute atomic E-state index is 0.0291. The second-order valence-electron chi connectivity index (χ2n) is 3.78. The van der Waals surface area contributed by atoms with Gasteiger partial charge in [-0.15, -0.1) is 0 Å². The molecule has 0 spiro atoms. The Balaban J connectivity index is 2.23. The first-order valence-electron chi connectivity index (χ1n) is 5.26. The molecule has 18 heavy (non-hydrogen) atoms. The molecule has 2 rings (SSSR count). The molecule has 2 aromatic rings. The van der Waals surface area contributed by atoms with Crippen LogP contribution < -0.4 is 4.72 Å². The van der Waals surface area contributed by atoms with Gasteiger partial charge in [0, 0.05) is 11.1 Å². The van der Waals surface area contributed by atoms with Crippen molar-refractivity contribution < 1.29 is 8.42 Å². The quantitative estimate of drug-likeness (QED) is 0.903. The summed E-state index contributed by atoms with van der Waals surface area (Å²) in [6, 6.07) is 6.68. The fourth-order valence-corrected chi connectivity index (χ4v) is 3.00. The van der Waals surface area contributed by atoms with Gasteiger partial charge in [0.05, 0.1) is 12.5 Å². The molecule has 1 aromatic heterocycles. The summed E-state index contributed by atoms with van der Waals surface area (Å²) in [5, 5.41) is 0.554. The number of benzene rings is 1. The van der Waals surface area contributed by atoms with Crippen LogP contribution in [0.1, 0.15) is 18.5 Å². The predicted octanol–water partition coefficient (Wildman–Crippen LogP) is 2.10. The molecule has 0 radical (unpaired) electrons. The number of halogens is 1. The Labute approximate surface area is 110 Å². The number of nitrogens with one attached hydrogen (secondary N) is 2. The average Bonchev–Trinajstić information content (AvgIpc) is 2.82. The Morgan fingerprint density at radius 3 is 2.72 bits per heavy atom. The maximum atomic E-state index is 12.0. The van der Waals surface area contributed by atoms with E-state index in [1.165, 1.54) is 12.5 Å². The summed E-state index contributed by atoms with van der Waals surface area (Å²) in [6.45, 7) is 1.73. The van der Waals surface area contributed by atoms with E-state index in [0.717, 1.165) is 5.56 Å². The fourth-order valence-electron chi connectivity index (χ4n) is 1.58. The molecular weight excluding hydrogens is 274 g/mol. The van der Waals surface area contributed by atoms with Gasteiger partial charge in [-0.05, 0) is 18.6 Å². The van der Waals surface area contributed by atoms with Crippen LogP contribution in [-0.2, 0) is 10.0 Å². The normalized spacial score (nSPS) is 13.4. The summed E-state index contributed by atoms with van der Waals surface area (Å²) < 4.78 is 26.5. The molecule has 0 aliphatic heterocycles. The van der Waals surface area contributed by atoms with Crippen LogP contribution in [-0.4, -0.2) is 18.4 Å². The predicted molar refractivity (Wildman–Crippen MR) is 68.8 cm³/mol. The zero-order valence-electron chi connectivity index (χ0n) is 9.59. The summed E-state index contributed by atoms with van der Waals surface area (Å²) in [4.78, 5) is 6.24. The van der Waals surface area contributed by atoms with Crippen LogP contribution >= 0.6 is 11.6 Å². The lowest BCUT2D eigenvalue weighted by Crippen LogP contribution is -2.27. The third kappa shape index (κ3) is 2.72. The highest BCUT2D eigenvalue weighted by Crippen LogP contribution is 2.23. The van der Waals surface area contributed by atoms with Gasteiger partial charge in [-0.3, -0.25) is 0 Å². The van der Waals surface area contributed by atoms with Crippen molar-refractivity contribution >= 4 is 21.6 Å². The van der Waals surface area contributed by atoms with Crippen molar-refractivity contribution in [2.75, 3.05) is 0 Å².